The Morgan fingerprint density at radius 3 is 2.48 bits per heavy atom. The van der Waals surface area contributed by atoms with E-state index in [9.17, 15) is 22.5 Å². The van der Waals surface area contributed by atoms with Gasteiger partial charge in [-0.2, -0.15) is 13.2 Å². The van der Waals surface area contributed by atoms with Crippen molar-refractivity contribution in [3.63, 3.8) is 0 Å². The van der Waals surface area contributed by atoms with Gasteiger partial charge in [-0.05, 0) is 43.4 Å². The molecule has 0 aromatic carbocycles. The van der Waals surface area contributed by atoms with Crippen LogP contribution in [-0.4, -0.2) is 24.8 Å². The van der Waals surface area contributed by atoms with E-state index in [4.69, 9.17) is 0 Å². The number of nitrogens with zero attached hydrogens (tertiary/aromatic N) is 1. The van der Waals surface area contributed by atoms with Crippen molar-refractivity contribution in [1.82, 2.24) is 4.98 Å². The van der Waals surface area contributed by atoms with Gasteiger partial charge in [-0.25, -0.2) is 0 Å². The van der Waals surface area contributed by atoms with Crippen LogP contribution in [0.25, 0.3) is 0 Å². The molecule has 2 unspecified atom stereocenters. The average molecular weight is 319 g/mol. The van der Waals surface area contributed by atoms with Crippen molar-refractivity contribution >= 4 is 10.8 Å². The van der Waals surface area contributed by atoms with Crippen molar-refractivity contribution in [2.75, 3.05) is 0 Å². The van der Waals surface area contributed by atoms with Crippen molar-refractivity contribution in [3.8, 4) is 0 Å². The molecule has 3 heterocycles. The minimum absolute atomic E-state index is 0.120. The molecule has 0 amide bonds. The molecular weight excluding hydrogens is 303 g/mol. The zero-order valence-electron chi connectivity index (χ0n) is 11.3. The first-order valence-corrected chi connectivity index (χ1v) is 8.23. The Morgan fingerprint density at radius 1 is 1.29 bits per heavy atom. The minimum Gasteiger partial charge on any atom is -0.385 e. The Morgan fingerprint density at radius 2 is 1.90 bits per heavy atom. The van der Waals surface area contributed by atoms with Crippen molar-refractivity contribution < 1.29 is 22.5 Å². The zero-order chi connectivity index (χ0) is 15.3. The molecule has 0 radical (unpaired) electrons. The van der Waals surface area contributed by atoms with Gasteiger partial charge in [0.05, 0.1) is 5.60 Å². The van der Waals surface area contributed by atoms with Gasteiger partial charge < -0.3 is 5.11 Å². The second-order valence-electron chi connectivity index (χ2n) is 5.87. The number of fused-ring (bicyclic) bond motifs is 2. The Bertz CT molecular complexity index is 560. The van der Waals surface area contributed by atoms with Gasteiger partial charge >= 0.3 is 6.18 Å². The third-order valence-electron chi connectivity index (χ3n) is 4.43. The van der Waals surface area contributed by atoms with Gasteiger partial charge in [-0.1, -0.05) is 6.42 Å². The monoisotopic (exact) mass is 319 g/mol. The molecule has 0 aliphatic carbocycles. The number of alkyl halides is 3. The normalized spacial score (nSPS) is 36.5. The summed E-state index contributed by atoms with van der Waals surface area (Å²) >= 11 is 0. The van der Waals surface area contributed by atoms with Crippen molar-refractivity contribution in [1.29, 1.82) is 0 Å². The zero-order valence-corrected chi connectivity index (χ0v) is 12.1. The molecule has 1 aromatic rings. The largest absolute Gasteiger partial charge is 0.433 e. The number of rotatable bonds is 1. The highest BCUT2D eigenvalue weighted by atomic mass is 32.2. The van der Waals surface area contributed by atoms with Crippen LogP contribution in [0.3, 0.4) is 0 Å². The van der Waals surface area contributed by atoms with Crippen molar-refractivity contribution in [2.45, 2.75) is 54.4 Å². The fourth-order valence-electron chi connectivity index (χ4n) is 3.39. The van der Waals surface area contributed by atoms with Crippen molar-refractivity contribution in [3.05, 3.63) is 29.6 Å². The van der Waals surface area contributed by atoms with E-state index in [0.29, 0.717) is 0 Å². The van der Waals surface area contributed by atoms with Crippen LogP contribution in [0, 0.1) is 0 Å². The molecule has 2 fully saturated rings. The molecule has 0 spiro atoms. The Kier molecular flexibility index (Phi) is 3.60. The summed E-state index contributed by atoms with van der Waals surface area (Å²) in [5.41, 5.74) is -2.09. The minimum atomic E-state index is -4.53. The van der Waals surface area contributed by atoms with Gasteiger partial charge in [0, 0.05) is 27.5 Å². The van der Waals surface area contributed by atoms with Gasteiger partial charge in [0.2, 0.25) is 0 Å². The first kappa shape index (κ1) is 15.0. The molecule has 2 aliphatic rings. The van der Waals surface area contributed by atoms with Crippen LogP contribution in [0.1, 0.15) is 43.4 Å². The summed E-state index contributed by atoms with van der Waals surface area (Å²) < 4.78 is 50.4. The second-order valence-corrected chi connectivity index (χ2v) is 7.86. The van der Waals surface area contributed by atoms with Crippen LogP contribution < -0.4 is 0 Å². The predicted molar refractivity (Wildman–Crippen MR) is 71.9 cm³/mol. The van der Waals surface area contributed by atoms with Gasteiger partial charge in [0.25, 0.3) is 0 Å². The molecule has 116 valence electrons. The molecule has 2 atom stereocenters. The number of pyridine rings is 1. The molecule has 21 heavy (non-hydrogen) atoms. The number of hydrogen-bond donors (Lipinski definition) is 1. The highest BCUT2D eigenvalue weighted by Crippen LogP contribution is 2.45. The third kappa shape index (κ3) is 2.73. The standard InChI is InChI=1S/C14H16F3NO2S/c15-14(16,17)12-6-9(4-5-18-12)13(19)7-10-2-1-3-11(8-13)21(10)20/h4-6,10-11,19H,1-3,7-8H2. The lowest BCUT2D eigenvalue weighted by molar-refractivity contribution is -0.141. The van der Waals surface area contributed by atoms with Gasteiger partial charge in [0.1, 0.15) is 5.69 Å². The van der Waals surface area contributed by atoms with Crippen LogP contribution >= 0.6 is 0 Å². The molecule has 2 bridgehead atoms. The highest BCUT2D eigenvalue weighted by molar-refractivity contribution is 7.86. The van der Waals surface area contributed by atoms with E-state index in [0.717, 1.165) is 31.5 Å². The molecule has 1 N–H and O–H groups in total. The van der Waals surface area contributed by atoms with Crippen LogP contribution in [0.15, 0.2) is 18.3 Å². The topological polar surface area (TPSA) is 50.2 Å². The predicted octanol–water partition coefficient (Wildman–Crippen LogP) is 2.75. The Balaban J connectivity index is 1.94. The summed E-state index contributed by atoms with van der Waals surface area (Å²) in [4.78, 5) is 3.33. The van der Waals surface area contributed by atoms with Crippen LogP contribution in [0.4, 0.5) is 13.2 Å². The second kappa shape index (κ2) is 5.05. The molecule has 0 saturated carbocycles. The Labute approximate surface area is 123 Å². The lowest BCUT2D eigenvalue weighted by Gasteiger charge is -2.43. The van der Waals surface area contributed by atoms with Gasteiger partial charge in [0.15, 0.2) is 0 Å². The Hall–Kier alpha value is -0.950. The SMILES string of the molecule is O=S1C2CCCC1CC(O)(c1ccnc(C(F)(F)F)c1)C2. The van der Waals surface area contributed by atoms with Crippen LogP contribution in [-0.2, 0) is 22.6 Å². The maximum Gasteiger partial charge on any atom is 0.433 e. The van der Waals surface area contributed by atoms with Crippen LogP contribution in [0.2, 0.25) is 0 Å². The van der Waals surface area contributed by atoms with E-state index >= 15 is 0 Å². The quantitative estimate of drug-likeness (QED) is 0.866. The number of halogens is 3. The van der Waals surface area contributed by atoms with E-state index in [1.807, 2.05) is 0 Å². The lowest BCUT2D eigenvalue weighted by Crippen LogP contribution is -2.47. The number of aromatic nitrogens is 1. The summed E-state index contributed by atoms with van der Waals surface area (Å²) in [6.45, 7) is 0. The van der Waals surface area contributed by atoms with Gasteiger partial charge in [-0.3, -0.25) is 9.19 Å². The molecule has 1 aromatic heterocycles. The van der Waals surface area contributed by atoms with Crippen molar-refractivity contribution in [2.24, 2.45) is 0 Å². The van der Waals surface area contributed by atoms with E-state index in [-0.39, 0.29) is 28.9 Å². The highest BCUT2D eigenvalue weighted by Gasteiger charge is 2.47. The summed E-state index contributed by atoms with van der Waals surface area (Å²) in [5.74, 6) is 0. The molecule has 3 nitrogen and oxygen atoms in total. The fraction of sp³-hybridized carbons (Fsp3) is 0.643. The molecule has 2 saturated heterocycles. The summed E-state index contributed by atoms with van der Waals surface area (Å²) in [5, 5.41) is 10.6. The van der Waals surface area contributed by atoms with E-state index < -0.39 is 28.3 Å². The maximum absolute atomic E-state index is 12.8. The maximum atomic E-state index is 12.8. The lowest BCUT2D eigenvalue weighted by atomic mass is 9.80. The van der Waals surface area contributed by atoms with E-state index in [1.165, 1.54) is 6.07 Å². The summed E-state index contributed by atoms with van der Waals surface area (Å²) in [6.07, 6.45) is -0.418. The van der Waals surface area contributed by atoms with Crippen LogP contribution in [0.5, 0.6) is 0 Å². The fourth-order valence-corrected chi connectivity index (χ4v) is 5.62. The first-order chi connectivity index (χ1) is 9.79. The van der Waals surface area contributed by atoms with Gasteiger partial charge in [-0.15, -0.1) is 0 Å². The first-order valence-electron chi connectivity index (χ1n) is 6.95. The van der Waals surface area contributed by atoms with E-state index in [1.54, 1.807) is 0 Å². The average Bonchev–Trinajstić information content (AvgIpc) is 2.40. The molecule has 3 rings (SSSR count). The molecule has 7 heteroatoms. The number of hydrogen-bond acceptors (Lipinski definition) is 3. The summed E-state index contributed by atoms with van der Waals surface area (Å²) in [7, 11) is -0.977. The third-order valence-corrected chi connectivity index (χ3v) is 6.55. The van der Waals surface area contributed by atoms with E-state index in [2.05, 4.69) is 4.98 Å². The number of aliphatic hydroxyl groups is 1. The molecular formula is C14H16F3NO2S. The summed E-state index contributed by atoms with van der Waals surface area (Å²) in [6, 6.07) is 2.35. The smallest absolute Gasteiger partial charge is 0.385 e. The molecule has 2 aliphatic heterocycles.